The Morgan fingerprint density at radius 2 is 1.91 bits per heavy atom. The zero-order chi connectivity index (χ0) is 31.9. The van der Waals surface area contributed by atoms with Gasteiger partial charge in [-0.25, -0.2) is 18.7 Å². The lowest BCUT2D eigenvalue weighted by Gasteiger charge is -2.40. The first-order valence-corrected chi connectivity index (χ1v) is 15.0. The summed E-state index contributed by atoms with van der Waals surface area (Å²) in [4.78, 5) is 44.2. The Morgan fingerprint density at radius 3 is 2.57 bits per heavy atom. The second kappa shape index (κ2) is 12.4. The highest BCUT2D eigenvalue weighted by Crippen LogP contribution is 2.37. The maximum absolute atomic E-state index is 14.1. The van der Waals surface area contributed by atoms with E-state index in [0.29, 0.717) is 39.8 Å². The summed E-state index contributed by atoms with van der Waals surface area (Å²) in [6.07, 6.45) is 3.81. The van der Waals surface area contributed by atoms with Crippen LogP contribution in [-0.2, 0) is 4.79 Å². The molecule has 1 aliphatic heterocycles. The minimum absolute atomic E-state index is 0.0209. The van der Waals surface area contributed by atoms with Gasteiger partial charge in [-0.3, -0.25) is 9.78 Å². The molecule has 44 heavy (non-hydrogen) atoms. The quantitative estimate of drug-likeness (QED) is 0.242. The van der Waals surface area contributed by atoms with Crippen LogP contribution < -0.4 is 10.6 Å². The van der Waals surface area contributed by atoms with Gasteiger partial charge in [0.25, 0.3) is 5.91 Å². The summed E-state index contributed by atoms with van der Waals surface area (Å²) in [5, 5.41) is 2.10. The third-order valence-electron chi connectivity index (χ3n) is 7.81. The SMILES string of the molecule is BC(B)=Cc1ccccc1-c1nc2c(cc1Cl)c(N1CCN(C(=O)C(=C)F)C[C@@H]1C)nc(=O)n2-c1c(C)ccnc1C(C)C. The van der Waals surface area contributed by atoms with E-state index < -0.39 is 17.4 Å². The molecule has 12 heteroatoms. The predicted molar refractivity (Wildman–Crippen MR) is 181 cm³/mol. The van der Waals surface area contributed by atoms with Crippen molar-refractivity contribution in [1.29, 1.82) is 0 Å². The Balaban J connectivity index is 1.81. The van der Waals surface area contributed by atoms with Crippen molar-refractivity contribution in [3.05, 3.63) is 92.7 Å². The lowest BCUT2D eigenvalue weighted by molar-refractivity contribution is -0.129. The van der Waals surface area contributed by atoms with Gasteiger partial charge >= 0.3 is 5.69 Å². The van der Waals surface area contributed by atoms with Crippen LogP contribution >= 0.6 is 11.6 Å². The maximum Gasteiger partial charge on any atom is 0.355 e. The predicted octanol–water partition coefficient (Wildman–Crippen LogP) is 4.01. The number of benzene rings is 1. The molecule has 0 radical (unpaired) electrons. The van der Waals surface area contributed by atoms with Gasteiger partial charge in [0.1, 0.15) is 21.5 Å². The minimum Gasteiger partial charge on any atom is -0.350 e. The first-order valence-electron chi connectivity index (χ1n) is 14.6. The number of anilines is 1. The lowest BCUT2D eigenvalue weighted by atomic mass is 9.77. The van der Waals surface area contributed by atoms with E-state index in [0.717, 1.165) is 27.8 Å². The number of nitrogens with zero attached hydrogens (tertiary/aromatic N) is 6. The molecule has 8 nitrogen and oxygen atoms in total. The van der Waals surface area contributed by atoms with Crippen molar-refractivity contribution in [1.82, 2.24) is 24.4 Å². The van der Waals surface area contributed by atoms with Crippen molar-refractivity contribution in [2.24, 2.45) is 0 Å². The smallest absolute Gasteiger partial charge is 0.350 e. The van der Waals surface area contributed by atoms with Gasteiger partial charge < -0.3 is 9.80 Å². The number of halogens is 2. The molecule has 0 spiro atoms. The second-order valence-corrected chi connectivity index (χ2v) is 12.2. The number of amides is 1. The van der Waals surface area contributed by atoms with E-state index in [9.17, 15) is 14.0 Å². The summed E-state index contributed by atoms with van der Waals surface area (Å²) in [6, 6.07) is 11.3. The van der Waals surface area contributed by atoms with Crippen LogP contribution in [0, 0.1) is 6.92 Å². The Morgan fingerprint density at radius 1 is 1.18 bits per heavy atom. The van der Waals surface area contributed by atoms with Gasteiger partial charge in [0.05, 0.1) is 27.5 Å². The molecule has 224 valence electrons. The number of piperazine rings is 1. The Kier molecular flexibility index (Phi) is 8.79. The molecule has 1 atom stereocenters. The average Bonchev–Trinajstić information content (AvgIpc) is 2.96. The molecule has 5 rings (SSSR count). The van der Waals surface area contributed by atoms with Gasteiger partial charge in [-0.15, -0.1) is 5.37 Å². The van der Waals surface area contributed by atoms with Crippen molar-refractivity contribution >= 4 is 56.1 Å². The van der Waals surface area contributed by atoms with E-state index in [4.69, 9.17) is 16.6 Å². The minimum atomic E-state index is -0.999. The fraction of sp³-hybridized carbons (Fsp3) is 0.281. The van der Waals surface area contributed by atoms with Gasteiger partial charge in [-0.2, -0.15) is 4.98 Å². The number of rotatable bonds is 6. The monoisotopic (exact) mass is 610 g/mol. The number of carbonyl (C=O) groups is 1. The normalized spacial score (nSPS) is 15.1. The molecule has 0 bridgehead atoms. The van der Waals surface area contributed by atoms with Gasteiger partial charge in [0, 0.05) is 37.4 Å². The standard InChI is InChI=1S/C32H34B2ClFN6O2/c1-17(2)26-28(18(3)10-11-37-26)42-30-23(15-24(35)27(38-30)22-9-7-6-8-21(22)14-25(33)34)29(39-32(42)44)41-13-12-40(16-19(41)4)31(43)20(5)36/h6-11,14-15,17,19H,5,12-13,16,33-34H2,1-4H3/t19-/m0/s1. The largest absolute Gasteiger partial charge is 0.355 e. The molecular weight excluding hydrogens is 576 g/mol. The van der Waals surface area contributed by atoms with E-state index in [1.165, 1.54) is 9.47 Å². The zero-order valence-corrected chi connectivity index (χ0v) is 26.6. The van der Waals surface area contributed by atoms with Gasteiger partial charge in [0.15, 0.2) is 11.5 Å². The Bertz CT molecular complexity index is 1890. The van der Waals surface area contributed by atoms with E-state index in [1.54, 1.807) is 6.20 Å². The Labute approximate surface area is 263 Å². The highest BCUT2D eigenvalue weighted by molar-refractivity contribution is 6.50. The number of hydrogen-bond donors (Lipinski definition) is 0. The molecule has 0 saturated carbocycles. The molecule has 1 aromatic carbocycles. The summed E-state index contributed by atoms with van der Waals surface area (Å²) in [6.45, 7) is 11.9. The number of aromatic nitrogens is 4. The van der Waals surface area contributed by atoms with Crippen molar-refractivity contribution in [3.8, 4) is 16.9 Å². The van der Waals surface area contributed by atoms with Crippen LogP contribution in [0.2, 0.25) is 5.02 Å². The third kappa shape index (κ3) is 5.80. The number of carbonyl (C=O) groups excluding carboxylic acids is 1. The van der Waals surface area contributed by atoms with E-state index in [1.807, 2.05) is 84.7 Å². The second-order valence-electron chi connectivity index (χ2n) is 11.8. The summed E-state index contributed by atoms with van der Waals surface area (Å²) < 4.78 is 15.2. The van der Waals surface area contributed by atoms with Crippen LogP contribution in [0.15, 0.2) is 65.2 Å². The molecular formula is C32H34B2ClFN6O2. The summed E-state index contributed by atoms with van der Waals surface area (Å²) in [5.74, 6) is -1.30. The number of fused-ring (bicyclic) bond motifs is 1. The van der Waals surface area contributed by atoms with Gasteiger partial charge in [-0.1, -0.05) is 62.4 Å². The van der Waals surface area contributed by atoms with Gasteiger partial charge in [0.2, 0.25) is 0 Å². The molecule has 0 unspecified atom stereocenters. The fourth-order valence-corrected chi connectivity index (χ4v) is 6.03. The highest BCUT2D eigenvalue weighted by atomic mass is 35.5. The van der Waals surface area contributed by atoms with Crippen LogP contribution in [0.25, 0.3) is 34.1 Å². The zero-order valence-electron chi connectivity index (χ0n) is 25.9. The first kappa shape index (κ1) is 31.2. The van der Waals surface area contributed by atoms with Crippen molar-refractivity contribution in [2.75, 3.05) is 24.5 Å². The molecule has 0 aliphatic carbocycles. The molecule has 4 aromatic rings. The van der Waals surface area contributed by atoms with Crippen LogP contribution in [0.3, 0.4) is 0 Å². The number of hydrogen-bond acceptors (Lipinski definition) is 6. The van der Waals surface area contributed by atoms with Gasteiger partial charge in [-0.05, 0) is 43.0 Å². The summed E-state index contributed by atoms with van der Waals surface area (Å²) >= 11 is 7.01. The topological polar surface area (TPSA) is 84.2 Å². The lowest BCUT2D eigenvalue weighted by Crippen LogP contribution is -2.54. The van der Waals surface area contributed by atoms with E-state index >= 15 is 0 Å². The van der Waals surface area contributed by atoms with E-state index in [2.05, 4.69) is 22.6 Å². The molecule has 0 N–H and O–H groups in total. The molecule has 4 heterocycles. The molecule has 1 saturated heterocycles. The number of aryl methyl sites for hydroxylation is 1. The van der Waals surface area contributed by atoms with E-state index in [-0.39, 0.29) is 25.0 Å². The van der Waals surface area contributed by atoms with Crippen LogP contribution in [0.1, 0.15) is 43.5 Å². The third-order valence-corrected chi connectivity index (χ3v) is 8.09. The average molecular weight is 611 g/mol. The molecule has 1 amide bonds. The fourth-order valence-electron chi connectivity index (χ4n) is 5.78. The maximum atomic E-state index is 14.1. The molecule has 1 aliphatic rings. The summed E-state index contributed by atoms with van der Waals surface area (Å²) in [5.41, 5.74) is 4.45. The van der Waals surface area contributed by atoms with Crippen molar-refractivity contribution in [2.45, 2.75) is 39.7 Å². The highest BCUT2D eigenvalue weighted by Gasteiger charge is 2.31. The van der Waals surface area contributed by atoms with Crippen LogP contribution in [0.5, 0.6) is 0 Å². The van der Waals surface area contributed by atoms with Crippen LogP contribution in [0.4, 0.5) is 10.2 Å². The first-order chi connectivity index (χ1) is 20.9. The number of pyridine rings is 2. The van der Waals surface area contributed by atoms with Crippen molar-refractivity contribution in [3.63, 3.8) is 0 Å². The van der Waals surface area contributed by atoms with Crippen LogP contribution in [-0.4, -0.2) is 71.7 Å². The Hall–Kier alpha value is -4.24. The van der Waals surface area contributed by atoms with Crippen molar-refractivity contribution < 1.29 is 9.18 Å². The molecule has 3 aromatic heterocycles. The summed E-state index contributed by atoms with van der Waals surface area (Å²) in [7, 11) is 4.05. The molecule has 1 fully saturated rings.